The van der Waals surface area contributed by atoms with E-state index in [9.17, 15) is 13.2 Å². The Balaban J connectivity index is 1.48. The van der Waals surface area contributed by atoms with Crippen LogP contribution >= 0.6 is 0 Å². The molecule has 2 saturated heterocycles. The van der Waals surface area contributed by atoms with Gasteiger partial charge >= 0.3 is 0 Å². The number of likely N-dealkylation sites (tertiary alicyclic amines) is 1. The number of hydrogen-bond acceptors (Lipinski definition) is 4. The van der Waals surface area contributed by atoms with Gasteiger partial charge in [0.2, 0.25) is 5.91 Å². The Morgan fingerprint density at radius 2 is 1.62 bits per heavy atom. The molecule has 3 rings (SSSR count). The van der Waals surface area contributed by atoms with Gasteiger partial charge in [-0.2, -0.15) is 0 Å². The number of carbonyl (C=O) groups is 1. The summed E-state index contributed by atoms with van der Waals surface area (Å²) in [6, 6.07) is 8.03. The zero-order chi connectivity index (χ0) is 17.2. The molecule has 1 amide bonds. The highest BCUT2D eigenvalue weighted by molar-refractivity contribution is 7.91. The summed E-state index contributed by atoms with van der Waals surface area (Å²) in [5.41, 5.74) is 1.21. The van der Waals surface area contributed by atoms with E-state index in [1.165, 1.54) is 5.56 Å². The second-order valence-electron chi connectivity index (χ2n) is 6.88. The predicted octanol–water partition coefficient (Wildman–Crippen LogP) is 2.19. The number of carbonyl (C=O) groups excluding carboxylic acids is 1. The summed E-state index contributed by atoms with van der Waals surface area (Å²) in [4.78, 5) is 14.4. The number of piperidine rings is 1. The van der Waals surface area contributed by atoms with Crippen LogP contribution in [0.4, 0.5) is 0 Å². The molecule has 2 heterocycles. The van der Waals surface area contributed by atoms with Gasteiger partial charge in [0.1, 0.15) is 21.7 Å². The summed E-state index contributed by atoms with van der Waals surface area (Å²) in [5, 5.41) is 0. The lowest BCUT2D eigenvalue weighted by Crippen LogP contribution is -2.45. The number of nitrogens with zero attached hydrogens (tertiary/aromatic N) is 1. The summed E-state index contributed by atoms with van der Waals surface area (Å²) in [5.74, 6) is 1.18. The van der Waals surface area contributed by atoms with Gasteiger partial charge in [-0.1, -0.05) is 17.7 Å². The van der Waals surface area contributed by atoms with Gasteiger partial charge < -0.3 is 9.64 Å². The molecule has 0 unspecified atom stereocenters. The first-order valence-electron chi connectivity index (χ1n) is 8.65. The smallest absolute Gasteiger partial charge is 0.225 e. The molecular weight excluding hydrogens is 326 g/mol. The van der Waals surface area contributed by atoms with Gasteiger partial charge in [0, 0.05) is 31.8 Å². The summed E-state index contributed by atoms with van der Waals surface area (Å²) >= 11 is 0. The summed E-state index contributed by atoms with van der Waals surface area (Å²) in [6.45, 7) is 3.43. The highest BCUT2D eigenvalue weighted by atomic mass is 32.2. The lowest BCUT2D eigenvalue weighted by atomic mass is 9.99. The predicted molar refractivity (Wildman–Crippen MR) is 92.8 cm³/mol. The Bertz CT molecular complexity index is 661. The molecule has 0 atom stereocenters. The van der Waals surface area contributed by atoms with E-state index >= 15 is 0 Å². The normalized spacial score (nSPS) is 22.3. The molecule has 0 spiro atoms. The average molecular weight is 351 g/mol. The van der Waals surface area contributed by atoms with Crippen LogP contribution in [0.1, 0.15) is 31.2 Å². The van der Waals surface area contributed by atoms with E-state index < -0.39 is 9.84 Å². The van der Waals surface area contributed by atoms with Crippen molar-refractivity contribution in [3.63, 3.8) is 0 Å². The standard InChI is InChI=1S/C18H25NO4S/c1-14-2-4-16(5-3-14)23-17-6-10-19(11-7-17)18(20)15-8-12-24(21,22)13-9-15/h2-5,15,17H,6-13H2,1H3. The molecule has 0 aromatic heterocycles. The third-order valence-electron chi connectivity index (χ3n) is 4.98. The molecule has 0 N–H and O–H groups in total. The van der Waals surface area contributed by atoms with E-state index in [1.54, 1.807) is 0 Å². The van der Waals surface area contributed by atoms with Crippen LogP contribution in [0.3, 0.4) is 0 Å². The van der Waals surface area contributed by atoms with E-state index in [0.29, 0.717) is 25.9 Å². The Kier molecular flexibility index (Phi) is 5.13. The molecule has 0 radical (unpaired) electrons. The third kappa shape index (κ3) is 4.29. The van der Waals surface area contributed by atoms with Crippen molar-refractivity contribution >= 4 is 15.7 Å². The molecule has 2 fully saturated rings. The van der Waals surface area contributed by atoms with Crippen molar-refractivity contribution in [3.05, 3.63) is 29.8 Å². The van der Waals surface area contributed by atoms with Gasteiger partial charge in [-0.05, 0) is 31.9 Å². The van der Waals surface area contributed by atoms with Gasteiger partial charge in [-0.3, -0.25) is 4.79 Å². The average Bonchev–Trinajstić information content (AvgIpc) is 2.57. The van der Waals surface area contributed by atoms with Crippen LogP contribution in [0.25, 0.3) is 0 Å². The number of amides is 1. The minimum absolute atomic E-state index is 0.122. The lowest BCUT2D eigenvalue weighted by Gasteiger charge is -2.35. The lowest BCUT2D eigenvalue weighted by molar-refractivity contribution is -0.137. The molecule has 0 aliphatic carbocycles. The second-order valence-corrected chi connectivity index (χ2v) is 9.19. The molecule has 0 saturated carbocycles. The zero-order valence-corrected chi connectivity index (χ0v) is 14.9. The maximum absolute atomic E-state index is 12.6. The first kappa shape index (κ1) is 17.3. The number of ether oxygens (including phenoxy) is 1. The maximum atomic E-state index is 12.6. The summed E-state index contributed by atoms with van der Waals surface area (Å²) < 4.78 is 29.0. The number of sulfone groups is 1. The third-order valence-corrected chi connectivity index (χ3v) is 6.70. The second kappa shape index (κ2) is 7.13. The van der Waals surface area contributed by atoms with E-state index in [-0.39, 0.29) is 29.4 Å². The minimum atomic E-state index is -2.92. The van der Waals surface area contributed by atoms with Gasteiger partial charge in [0.15, 0.2) is 0 Å². The van der Waals surface area contributed by atoms with E-state index in [4.69, 9.17) is 4.74 Å². The minimum Gasteiger partial charge on any atom is -0.490 e. The molecule has 1 aromatic carbocycles. The summed E-state index contributed by atoms with van der Waals surface area (Å²) in [7, 11) is -2.92. The van der Waals surface area contributed by atoms with Gasteiger partial charge in [-0.15, -0.1) is 0 Å². The highest BCUT2D eigenvalue weighted by Crippen LogP contribution is 2.24. The SMILES string of the molecule is Cc1ccc(OC2CCN(C(=O)C3CCS(=O)(=O)CC3)CC2)cc1. The fourth-order valence-electron chi connectivity index (χ4n) is 3.40. The van der Waals surface area contributed by atoms with Crippen molar-refractivity contribution in [2.24, 2.45) is 5.92 Å². The number of benzene rings is 1. The first-order chi connectivity index (χ1) is 11.4. The Labute approximate surface area is 143 Å². The topological polar surface area (TPSA) is 63.7 Å². The van der Waals surface area contributed by atoms with Gasteiger partial charge in [0.25, 0.3) is 0 Å². The Hall–Kier alpha value is -1.56. The molecule has 6 heteroatoms. The maximum Gasteiger partial charge on any atom is 0.225 e. The van der Waals surface area contributed by atoms with Crippen molar-refractivity contribution < 1.29 is 17.9 Å². The van der Waals surface area contributed by atoms with Gasteiger partial charge in [-0.25, -0.2) is 8.42 Å². The van der Waals surface area contributed by atoms with Crippen LogP contribution in [0, 0.1) is 12.8 Å². The van der Waals surface area contributed by atoms with E-state index in [0.717, 1.165) is 18.6 Å². The van der Waals surface area contributed by atoms with Crippen molar-refractivity contribution in [2.75, 3.05) is 24.6 Å². The zero-order valence-electron chi connectivity index (χ0n) is 14.1. The van der Waals surface area contributed by atoms with Crippen molar-refractivity contribution in [1.82, 2.24) is 4.90 Å². The van der Waals surface area contributed by atoms with Crippen LogP contribution in [-0.2, 0) is 14.6 Å². The van der Waals surface area contributed by atoms with E-state index in [2.05, 4.69) is 0 Å². The van der Waals surface area contributed by atoms with Crippen LogP contribution in [0.2, 0.25) is 0 Å². The Morgan fingerprint density at radius 3 is 2.21 bits per heavy atom. The van der Waals surface area contributed by atoms with Crippen molar-refractivity contribution in [2.45, 2.75) is 38.7 Å². The van der Waals surface area contributed by atoms with Crippen LogP contribution in [-0.4, -0.2) is 49.9 Å². The molecule has 0 bridgehead atoms. The quantitative estimate of drug-likeness (QED) is 0.837. The number of aryl methyl sites for hydroxylation is 1. The molecule has 1 aromatic rings. The van der Waals surface area contributed by atoms with Gasteiger partial charge in [0.05, 0.1) is 11.5 Å². The van der Waals surface area contributed by atoms with Crippen LogP contribution in [0.15, 0.2) is 24.3 Å². The molecule has 2 aliphatic heterocycles. The van der Waals surface area contributed by atoms with Crippen molar-refractivity contribution in [3.8, 4) is 5.75 Å². The largest absolute Gasteiger partial charge is 0.490 e. The molecule has 24 heavy (non-hydrogen) atoms. The van der Waals surface area contributed by atoms with Crippen LogP contribution in [0.5, 0.6) is 5.75 Å². The first-order valence-corrected chi connectivity index (χ1v) is 10.5. The molecule has 5 nitrogen and oxygen atoms in total. The highest BCUT2D eigenvalue weighted by Gasteiger charge is 2.33. The fraction of sp³-hybridized carbons (Fsp3) is 0.611. The molecular formula is C18H25NO4S. The van der Waals surface area contributed by atoms with E-state index in [1.807, 2.05) is 36.1 Å². The number of hydrogen-bond donors (Lipinski definition) is 0. The Morgan fingerprint density at radius 1 is 1.04 bits per heavy atom. The molecule has 2 aliphatic rings. The monoisotopic (exact) mass is 351 g/mol. The summed E-state index contributed by atoms with van der Waals surface area (Å²) in [6.07, 6.45) is 2.74. The fourth-order valence-corrected chi connectivity index (χ4v) is 4.89. The van der Waals surface area contributed by atoms with Crippen molar-refractivity contribution in [1.29, 1.82) is 0 Å². The number of rotatable bonds is 3. The molecule has 132 valence electrons. The van der Waals surface area contributed by atoms with Crippen LogP contribution < -0.4 is 4.74 Å².